The lowest BCUT2D eigenvalue weighted by molar-refractivity contribution is -0.140. The average Bonchev–Trinajstić information content (AvgIpc) is 2.48. The maximum atomic E-state index is 12.1. The lowest BCUT2D eigenvalue weighted by atomic mass is 10.1. The number of ether oxygens (including phenoxy) is 1. The van der Waals surface area contributed by atoms with Crippen molar-refractivity contribution in [3.63, 3.8) is 0 Å². The third-order valence-electron chi connectivity index (χ3n) is 2.91. The highest BCUT2D eigenvalue weighted by Gasteiger charge is 2.16. The van der Waals surface area contributed by atoms with E-state index in [9.17, 15) is 4.79 Å². The molecule has 0 N–H and O–H groups in total. The van der Waals surface area contributed by atoms with Gasteiger partial charge in [0.15, 0.2) is 0 Å². The molecule has 0 amide bonds. The van der Waals surface area contributed by atoms with Gasteiger partial charge in [-0.05, 0) is 44.5 Å². The number of nitriles is 1. The number of rotatable bonds is 6. The Morgan fingerprint density at radius 2 is 2.05 bits per heavy atom. The van der Waals surface area contributed by atoms with Crippen molar-refractivity contribution in [1.29, 1.82) is 5.26 Å². The van der Waals surface area contributed by atoms with E-state index in [0.29, 0.717) is 17.9 Å². The van der Waals surface area contributed by atoms with Crippen LogP contribution in [0.2, 0.25) is 0 Å². The largest absolute Gasteiger partial charge is 0.461 e. The fourth-order valence-electron chi connectivity index (χ4n) is 1.90. The molecule has 0 aliphatic rings. The van der Waals surface area contributed by atoms with Gasteiger partial charge in [0.05, 0.1) is 18.2 Å². The molecule has 0 radical (unpaired) electrons. The fraction of sp³-hybridized carbons (Fsp3) is 0.375. The van der Waals surface area contributed by atoms with Crippen molar-refractivity contribution in [3.8, 4) is 6.07 Å². The topological polar surface area (TPSA) is 53.3 Å². The van der Waals surface area contributed by atoms with Crippen LogP contribution < -0.4 is 0 Å². The van der Waals surface area contributed by atoms with Gasteiger partial charge in [-0.1, -0.05) is 12.1 Å². The van der Waals surface area contributed by atoms with Crippen LogP contribution in [0.25, 0.3) is 6.08 Å². The molecule has 0 heterocycles. The number of carbonyl (C=O) groups excluding carboxylic acids is 1. The van der Waals surface area contributed by atoms with Gasteiger partial charge in [0.2, 0.25) is 0 Å². The van der Waals surface area contributed by atoms with Crippen LogP contribution in [-0.2, 0) is 9.53 Å². The number of esters is 1. The smallest absolute Gasteiger partial charge is 0.354 e. The van der Waals surface area contributed by atoms with Crippen LogP contribution in [0.15, 0.2) is 30.0 Å². The molecule has 0 atom stereocenters. The van der Waals surface area contributed by atoms with Crippen molar-refractivity contribution < 1.29 is 9.53 Å². The van der Waals surface area contributed by atoms with Crippen LogP contribution in [0.3, 0.4) is 0 Å². The Morgan fingerprint density at radius 1 is 1.35 bits per heavy atom. The van der Waals surface area contributed by atoms with Crippen molar-refractivity contribution >= 4 is 12.0 Å². The fourth-order valence-corrected chi connectivity index (χ4v) is 1.90. The maximum Gasteiger partial charge on any atom is 0.354 e. The molecule has 0 fully saturated rings. The normalized spacial score (nSPS) is 10.8. The molecule has 0 saturated heterocycles. The van der Waals surface area contributed by atoms with E-state index in [-0.39, 0.29) is 5.97 Å². The second kappa shape index (κ2) is 8.00. The van der Waals surface area contributed by atoms with Crippen LogP contribution in [0.5, 0.6) is 0 Å². The van der Waals surface area contributed by atoms with Crippen molar-refractivity contribution in [1.82, 2.24) is 4.90 Å². The molecule has 4 heteroatoms. The van der Waals surface area contributed by atoms with E-state index in [1.807, 2.05) is 24.8 Å². The second-order valence-corrected chi connectivity index (χ2v) is 4.16. The number of likely N-dealkylation sites (N-methyl/N-ethyl adjacent to an activating group) is 1. The molecule has 106 valence electrons. The van der Waals surface area contributed by atoms with E-state index >= 15 is 0 Å². The summed E-state index contributed by atoms with van der Waals surface area (Å²) in [5, 5.41) is 8.92. The zero-order valence-electron chi connectivity index (χ0n) is 12.2. The molecular formula is C16H20N2O2. The molecule has 0 saturated carbocycles. The van der Waals surface area contributed by atoms with E-state index in [1.165, 1.54) is 0 Å². The van der Waals surface area contributed by atoms with Gasteiger partial charge >= 0.3 is 5.97 Å². The summed E-state index contributed by atoms with van der Waals surface area (Å²) in [6.45, 7) is 7.55. The summed E-state index contributed by atoms with van der Waals surface area (Å²) in [5.41, 5.74) is 1.91. The number of hydrogen-bond donors (Lipinski definition) is 0. The molecule has 20 heavy (non-hydrogen) atoms. The summed E-state index contributed by atoms with van der Waals surface area (Å²) in [4.78, 5) is 14.0. The molecule has 1 aromatic rings. The van der Waals surface area contributed by atoms with Crippen LogP contribution in [0, 0.1) is 11.3 Å². The van der Waals surface area contributed by atoms with Crippen molar-refractivity contribution in [2.75, 3.05) is 19.7 Å². The minimum Gasteiger partial charge on any atom is -0.461 e. The monoisotopic (exact) mass is 272 g/mol. The predicted molar refractivity (Wildman–Crippen MR) is 78.7 cm³/mol. The Balaban J connectivity index is 3.17. The standard InChI is InChI=1S/C16H20N2O2/c1-4-18(5-2)15(16(19)20-6-3)11-13-8-7-9-14(10-13)12-17/h7-11H,4-6H2,1-3H3/b15-11-. The quantitative estimate of drug-likeness (QED) is 0.590. The van der Waals surface area contributed by atoms with E-state index in [2.05, 4.69) is 6.07 Å². The number of carbonyl (C=O) groups is 1. The third kappa shape index (κ3) is 4.13. The molecule has 0 aromatic heterocycles. The Labute approximate surface area is 120 Å². The lowest BCUT2D eigenvalue weighted by Crippen LogP contribution is -2.28. The summed E-state index contributed by atoms with van der Waals surface area (Å²) in [5.74, 6) is -0.335. The zero-order chi connectivity index (χ0) is 15.0. The highest BCUT2D eigenvalue weighted by atomic mass is 16.5. The molecule has 0 spiro atoms. The molecule has 1 aromatic carbocycles. The predicted octanol–water partition coefficient (Wildman–Crippen LogP) is 2.80. The van der Waals surface area contributed by atoms with Crippen LogP contribution >= 0.6 is 0 Å². The van der Waals surface area contributed by atoms with E-state index in [0.717, 1.165) is 18.7 Å². The minimum absolute atomic E-state index is 0.335. The Hall–Kier alpha value is -2.28. The van der Waals surface area contributed by atoms with Crippen molar-refractivity contribution in [3.05, 3.63) is 41.1 Å². The lowest BCUT2D eigenvalue weighted by Gasteiger charge is -2.23. The summed E-state index contributed by atoms with van der Waals surface area (Å²) >= 11 is 0. The van der Waals surface area contributed by atoms with E-state index < -0.39 is 0 Å². The van der Waals surface area contributed by atoms with Gasteiger partial charge in [-0.25, -0.2) is 4.79 Å². The minimum atomic E-state index is -0.335. The van der Waals surface area contributed by atoms with Gasteiger partial charge in [-0.2, -0.15) is 5.26 Å². The maximum absolute atomic E-state index is 12.1. The van der Waals surface area contributed by atoms with Crippen molar-refractivity contribution in [2.24, 2.45) is 0 Å². The first-order valence-corrected chi connectivity index (χ1v) is 6.80. The average molecular weight is 272 g/mol. The van der Waals surface area contributed by atoms with Crippen molar-refractivity contribution in [2.45, 2.75) is 20.8 Å². The summed E-state index contributed by atoms with van der Waals surface area (Å²) < 4.78 is 5.10. The highest BCUT2D eigenvalue weighted by molar-refractivity contribution is 5.93. The number of benzene rings is 1. The Bertz CT molecular complexity index is 526. The molecule has 0 aliphatic carbocycles. The van der Waals surface area contributed by atoms with Crippen LogP contribution in [0.4, 0.5) is 0 Å². The highest BCUT2D eigenvalue weighted by Crippen LogP contribution is 2.14. The first kappa shape index (κ1) is 15.8. The molecule has 0 unspecified atom stereocenters. The number of hydrogen-bond acceptors (Lipinski definition) is 4. The summed E-state index contributed by atoms with van der Waals surface area (Å²) in [6.07, 6.45) is 1.77. The first-order chi connectivity index (χ1) is 9.65. The molecule has 0 bridgehead atoms. The van der Waals surface area contributed by atoms with Gasteiger partial charge in [0.25, 0.3) is 0 Å². The van der Waals surface area contributed by atoms with Gasteiger partial charge in [0.1, 0.15) is 5.70 Å². The van der Waals surface area contributed by atoms with Crippen LogP contribution in [-0.4, -0.2) is 30.6 Å². The van der Waals surface area contributed by atoms with Gasteiger partial charge in [-0.3, -0.25) is 0 Å². The Kier molecular flexibility index (Phi) is 6.31. The summed E-state index contributed by atoms with van der Waals surface area (Å²) in [6, 6.07) is 9.25. The Morgan fingerprint density at radius 3 is 2.60 bits per heavy atom. The van der Waals surface area contributed by atoms with Gasteiger partial charge < -0.3 is 9.64 Å². The van der Waals surface area contributed by atoms with Gasteiger partial charge in [-0.15, -0.1) is 0 Å². The molecule has 4 nitrogen and oxygen atoms in total. The molecule has 0 aliphatic heterocycles. The van der Waals surface area contributed by atoms with E-state index in [4.69, 9.17) is 10.00 Å². The summed E-state index contributed by atoms with van der Waals surface area (Å²) in [7, 11) is 0. The number of nitrogens with zero attached hydrogens (tertiary/aromatic N) is 2. The zero-order valence-corrected chi connectivity index (χ0v) is 12.2. The van der Waals surface area contributed by atoms with Gasteiger partial charge in [0, 0.05) is 13.1 Å². The first-order valence-electron chi connectivity index (χ1n) is 6.80. The van der Waals surface area contributed by atoms with E-state index in [1.54, 1.807) is 31.2 Å². The molecular weight excluding hydrogens is 252 g/mol. The third-order valence-corrected chi connectivity index (χ3v) is 2.91. The SMILES string of the molecule is CCOC(=O)/C(=C/c1cccc(C#N)c1)N(CC)CC. The van der Waals surface area contributed by atoms with Crippen LogP contribution in [0.1, 0.15) is 31.9 Å². The second-order valence-electron chi connectivity index (χ2n) is 4.16. The molecule has 1 rings (SSSR count).